The van der Waals surface area contributed by atoms with Gasteiger partial charge in [-0.25, -0.2) is 4.79 Å². The minimum Gasteiger partial charge on any atom is -0.481 e. The maximum atomic E-state index is 12.3. The molecule has 0 fully saturated rings. The Bertz CT molecular complexity index is 1130. The molecule has 0 saturated heterocycles. The number of carboxylic acid groups (broad SMARTS) is 3. The number of unbranched alkanes of at least 4 members (excludes halogenated alkanes) is 13. The molecule has 0 radical (unpaired) electrons. The minimum atomic E-state index is -1.29. The van der Waals surface area contributed by atoms with E-state index in [1.807, 2.05) is 0 Å². The van der Waals surface area contributed by atoms with Crippen LogP contribution in [0.15, 0.2) is 0 Å². The van der Waals surface area contributed by atoms with Gasteiger partial charge in [-0.2, -0.15) is 0 Å². The molecule has 8 N–H and O–H groups in total. The van der Waals surface area contributed by atoms with Crippen LogP contribution in [-0.4, -0.2) is 128 Å². The van der Waals surface area contributed by atoms with Crippen LogP contribution in [0.3, 0.4) is 0 Å². The number of carbonyl (C=O) groups is 7. The number of carboxylic acids is 3. The van der Waals surface area contributed by atoms with E-state index in [0.29, 0.717) is 58.9 Å². The maximum Gasteiger partial charge on any atom is 0.326 e. The number of carbonyl (C=O) groups excluding carboxylic acids is 4. The van der Waals surface area contributed by atoms with Crippen molar-refractivity contribution in [3.63, 3.8) is 0 Å². The number of hydrogen-bond acceptors (Lipinski definition) is 11. The van der Waals surface area contributed by atoms with Crippen molar-refractivity contribution in [2.75, 3.05) is 59.3 Å². The number of rotatable bonds is 41. The van der Waals surface area contributed by atoms with Gasteiger partial charge in [0.15, 0.2) is 0 Å². The smallest absolute Gasteiger partial charge is 0.326 e. The van der Waals surface area contributed by atoms with E-state index in [-0.39, 0.29) is 44.8 Å². The molecule has 0 aliphatic carbocycles. The number of aliphatic carboxylic acids is 3. The van der Waals surface area contributed by atoms with Crippen molar-refractivity contribution in [2.24, 2.45) is 0 Å². The average molecular weight is 930 g/mol. The molecule has 0 unspecified atom stereocenters. The Labute approximate surface area is 350 Å². The second kappa shape index (κ2) is 38.4. The summed E-state index contributed by atoms with van der Waals surface area (Å²) in [6.45, 7) is 2.49. The van der Waals surface area contributed by atoms with Crippen LogP contribution in [-0.2, 0) is 47.8 Å². The predicted octanol–water partition coefficient (Wildman–Crippen LogP) is 3.23. The normalized spacial score (nSPS) is 12.0. The van der Waals surface area contributed by atoms with Crippen LogP contribution in [0.1, 0.15) is 128 Å². The zero-order valence-electron chi connectivity index (χ0n) is 33.5. The summed E-state index contributed by atoms with van der Waals surface area (Å²) in [5.74, 6) is -5.11. The van der Waals surface area contributed by atoms with E-state index in [4.69, 9.17) is 24.4 Å². The lowest BCUT2D eigenvalue weighted by molar-refractivity contribution is -0.143. The zero-order valence-corrected chi connectivity index (χ0v) is 35.6. The summed E-state index contributed by atoms with van der Waals surface area (Å²) in [7, 11) is 0. The minimum absolute atomic E-state index is 0.0538. The molecule has 0 saturated carbocycles. The molecule has 0 aliphatic heterocycles. The standard InChI is InChI=1S/C38H68IN5O13/c39-42-29-34(47)43-30(28-36(50)51)37(52)41-20-16-22-56-24-26-57-25-23-55-21-15-19-40-33(46)27-31(38(53)54)44-32(45)17-13-11-9-7-5-3-1-2-4-6-8-10-12-14-18-35(48)49/h30-31,42H,1-29H2,(H,40,46)(H,41,52)(H,43,47)(H,44,45)(H,48,49)(H,50,51)(H,53,54)/t30-,31-/m0/s1. The number of hydrogen-bond donors (Lipinski definition) is 8. The van der Waals surface area contributed by atoms with Crippen LogP contribution < -0.4 is 24.8 Å². The lowest BCUT2D eigenvalue weighted by Crippen LogP contribution is -2.49. The van der Waals surface area contributed by atoms with Crippen LogP contribution in [0, 0.1) is 0 Å². The van der Waals surface area contributed by atoms with Gasteiger partial charge in [0.05, 0.1) is 45.8 Å². The number of amides is 4. The van der Waals surface area contributed by atoms with Gasteiger partial charge in [0.1, 0.15) is 12.1 Å². The molecular weight excluding hydrogens is 861 g/mol. The fourth-order valence-electron chi connectivity index (χ4n) is 5.55. The lowest BCUT2D eigenvalue weighted by Gasteiger charge is -2.16. The first kappa shape index (κ1) is 53.9. The molecule has 330 valence electrons. The highest BCUT2D eigenvalue weighted by Crippen LogP contribution is 2.14. The van der Waals surface area contributed by atoms with Crippen molar-refractivity contribution >= 4 is 64.4 Å². The first-order valence-corrected chi connectivity index (χ1v) is 21.4. The van der Waals surface area contributed by atoms with Crippen molar-refractivity contribution in [1.82, 2.24) is 24.8 Å². The molecule has 0 bridgehead atoms. The summed E-state index contributed by atoms with van der Waals surface area (Å²) in [5, 5.41) is 37.2. The van der Waals surface area contributed by atoms with E-state index in [0.717, 1.165) is 44.9 Å². The maximum absolute atomic E-state index is 12.3. The van der Waals surface area contributed by atoms with Gasteiger partial charge in [0, 0.05) is 62.0 Å². The third-order valence-electron chi connectivity index (χ3n) is 8.62. The van der Waals surface area contributed by atoms with E-state index >= 15 is 0 Å². The van der Waals surface area contributed by atoms with Gasteiger partial charge in [-0.15, -0.1) is 0 Å². The molecule has 18 nitrogen and oxygen atoms in total. The molecule has 57 heavy (non-hydrogen) atoms. The third kappa shape index (κ3) is 36.9. The monoisotopic (exact) mass is 929 g/mol. The Morgan fingerprint density at radius 3 is 1.35 bits per heavy atom. The van der Waals surface area contributed by atoms with Gasteiger partial charge in [-0.05, 0) is 25.7 Å². The number of ether oxygens (including phenoxy) is 3. The Kier molecular flexibility index (Phi) is 36.3. The highest BCUT2D eigenvalue weighted by atomic mass is 127. The molecule has 2 atom stereocenters. The molecular formula is C38H68IN5O13. The summed E-state index contributed by atoms with van der Waals surface area (Å²) in [5.41, 5.74) is 0. The van der Waals surface area contributed by atoms with Gasteiger partial charge in [-0.3, -0.25) is 32.3 Å². The molecule has 0 heterocycles. The molecule has 4 amide bonds. The van der Waals surface area contributed by atoms with Crippen molar-refractivity contribution in [3.05, 3.63) is 0 Å². The van der Waals surface area contributed by atoms with Crippen molar-refractivity contribution in [3.8, 4) is 0 Å². The second-order valence-corrected chi connectivity index (χ2v) is 14.5. The van der Waals surface area contributed by atoms with Crippen molar-refractivity contribution in [2.45, 2.75) is 141 Å². The predicted molar refractivity (Wildman–Crippen MR) is 220 cm³/mol. The van der Waals surface area contributed by atoms with Crippen LogP contribution in [0.25, 0.3) is 0 Å². The van der Waals surface area contributed by atoms with Crippen LogP contribution >= 0.6 is 22.9 Å². The highest BCUT2D eigenvalue weighted by Gasteiger charge is 2.24. The lowest BCUT2D eigenvalue weighted by atomic mass is 10.0. The van der Waals surface area contributed by atoms with E-state index in [9.17, 15) is 38.7 Å². The molecule has 0 aromatic carbocycles. The molecule has 19 heteroatoms. The summed E-state index contributed by atoms with van der Waals surface area (Å²) >= 11 is 1.77. The van der Waals surface area contributed by atoms with Crippen LogP contribution in [0.4, 0.5) is 0 Å². The fourth-order valence-corrected chi connectivity index (χ4v) is 5.90. The molecule has 0 aromatic heterocycles. The summed E-state index contributed by atoms with van der Waals surface area (Å²) in [4.78, 5) is 81.6. The Balaban J connectivity index is 3.74. The van der Waals surface area contributed by atoms with Crippen molar-refractivity contribution < 1.29 is 63.1 Å². The van der Waals surface area contributed by atoms with E-state index in [2.05, 4.69) is 24.8 Å². The number of nitrogens with one attached hydrogen (secondary N) is 5. The third-order valence-corrected chi connectivity index (χ3v) is 9.00. The molecule has 0 aliphatic rings. The number of halogens is 1. The Hall–Kier alpha value is -3.14. The first-order valence-electron chi connectivity index (χ1n) is 20.3. The SMILES string of the molecule is O=C(O)CCCCCCCCCCCCCCCCC(=O)N[C@@H](CC(=O)NCCCOCCOCCOCCCNC(=O)[C@H](CC(=O)O)NC(=O)CNI)C(=O)O. The fraction of sp³-hybridized carbons (Fsp3) is 0.816. The Morgan fingerprint density at radius 1 is 0.456 bits per heavy atom. The van der Waals surface area contributed by atoms with Gasteiger partial charge in [0.2, 0.25) is 23.6 Å². The van der Waals surface area contributed by atoms with Gasteiger partial charge in [-0.1, -0.05) is 77.0 Å². The topological polar surface area (TPSA) is 268 Å². The Morgan fingerprint density at radius 2 is 0.895 bits per heavy atom. The zero-order chi connectivity index (χ0) is 42.4. The second-order valence-electron chi connectivity index (χ2n) is 13.7. The van der Waals surface area contributed by atoms with E-state index in [1.54, 1.807) is 22.9 Å². The van der Waals surface area contributed by atoms with Gasteiger partial charge >= 0.3 is 17.9 Å². The first-order chi connectivity index (χ1) is 27.5. The van der Waals surface area contributed by atoms with E-state index < -0.39 is 54.1 Å². The molecule has 0 aromatic rings. The summed E-state index contributed by atoms with van der Waals surface area (Å²) in [6.07, 6.45) is 15.5. The molecule has 0 spiro atoms. The van der Waals surface area contributed by atoms with Crippen LogP contribution in [0.2, 0.25) is 0 Å². The summed E-state index contributed by atoms with van der Waals surface area (Å²) in [6, 6.07) is -2.46. The average Bonchev–Trinajstić information content (AvgIpc) is 3.15. The van der Waals surface area contributed by atoms with Gasteiger partial charge in [0.25, 0.3) is 0 Å². The van der Waals surface area contributed by atoms with Crippen molar-refractivity contribution in [1.29, 1.82) is 0 Å². The summed E-state index contributed by atoms with van der Waals surface area (Å²) < 4.78 is 18.9. The van der Waals surface area contributed by atoms with Crippen LogP contribution in [0.5, 0.6) is 0 Å². The highest BCUT2D eigenvalue weighted by molar-refractivity contribution is 14.1. The largest absolute Gasteiger partial charge is 0.481 e. The quantitative estimate of drug-likeness (QED) is 0.0249. The molecule has 0 rings (SSSR count). The van der Waals surface area contributed by atoms with Gasteiger partial charge < -0.3 is 50.8 Å². The van der Waals surface area contributed by atoms with E-state index in [1.165, 1.54) is 38.5 Å².